The lowest BCUT2D eigenvalue weighted by Gasteiger charge is -2.07. The fourth-order valence-electron chi connectivity index (χ4n) is 2.00. The largest absolute Gasteiger partial charge is 0.366 e. The standard InChI is InChI=1S/C15H23N3O2S/c16-9-5-3-1-2-4-6-14(19)18-11-7-8-12(15(17)20)13(21)10-11/h7-8,10,21H,1-6,9,16H2,(H2,17,20)(H,18,19). The second-order valence-corrected chi connectivity index (χ2v) is 5.43. The molecular weight excluding hydrogens is 286 g/mol. The number of amides is 2. The number of rotatable bonds is 9. The molecule has 0 saturated heterocycles. The molecule has 0 aromatic heterocycles. The smallest absolute Gasteiger partial charge is 0.249 e. The van der Waals surface area contributed by atoms with Crippen molar-refractivity contribution >= 4 is 30.1 Å². The van der Waals surface area contributed by atoms with Crippen molar-refractivity contribution in [2.24, 2.45) is 11.5 Å². The maximum atomic E-state index is 11.8. The van der Waals surface area contributed by atoms with E-state index in [9.17, 15) is 9.59 Å². The van der Waals surface area contributed by atoms with E-state index in [0.29, 0.717) is 22.6 Å². The average molecular weight is 309 g/mol. The Labute approximate surface area is 130 Å². The van der Waals surface area contributed by atoms with Crippen molar-refractivity contribution < 1.29 is 9.59 Å². The molecule has 1 rings (SSSR count). The molecule has 0 unspecified atom stereocenters. The van der Waals surface area contributed by atoms with Gasteiger partial charge in [0.1, 0.15) is 0 Å². The molecule has 0 fully saturated rings. The Morgan fingerprint density at radius 3 is 2.38 bits per heavy atom. The molecule has 1 aromatic rings. The lowest BCUT2D eigenvalue weighted by atomic mass is 10.1. The fourth-order valence-corrected chi connectivity index (χ4v) is 2.33. The number of thiol groups is 1. The van der Waals surface area contributed by atoms with E-state index in [4.69, 9.17) is 11.5 Å². The average Bonchev–Trinajstić information content (AvgIpc) is 2.42. The number of carbonyl (C=O) groups is 2. The molecule has 0 aliphatic heterocycles. The van der Waals surface area contributed by atoms with Crippen LogP contribution in [-0.4, -0.2) is 18.4 Å². The van der Waals surface area contributed by atoms with Crippen molar-refractivity contribution in [1.29, 1.82) is 0 Å². The van der Waals surface area contributed by atoms with Gasteiger partial charge in [-0.1, -0.05) is 19.3 Å². The summed E-state index contributed by atoms with van der Waals surface area (Å²) in [6, 6.07) is 4.84. The Morgan fingerprint density at radius 2 is 1.76 bits per heavy atom. The van der Waals surface area contributed by atoms with Crippen molar-refractivity contribution in [2.75, 3.05) is 11.9 Å². The second kappa shape index (κ2) is 9.41. The van der Waals surface area contributed by atoms with Gasteiger partial charge in [-0.15, -0.1) is 12.6 Å². The first-order valence-electron chi connectivity index (χ1n) is 7.17. The van der Waals surface area contributed by atoms with Crippen LogP contribution in [0, 0.1) is 0 Å². The van der Waals surface area contributed by atoms with Crippen molar-refractivity contribution in [3.8, 4) is 0 Å². The number of primary amides is 1. The Kier molecular flexibility index (Phi) is 7.85. The van der Waals surface area contributed by atoms with Crippen molar-refractivity contribution in [3.05, 3.63) is 23.8 Å². The van der Waals surface area contributed by atoms with E-state index in [-0.39, 0.29) is 5.91 Å². The number of hydrogen-bond acceptors (Lipinski definition) is 4. The summed E-state index contributed by atoms with van der Waals surface area (Å²) in [7, 11) is 0. The van der Waals surface area contributed by atoms with E-state index in [1.165, 1.54) is 0 Å². The van der Waals surface area contributed by atoms with Crippen LogP contribution in [0.2, 0.25) is 0 Å². The van der Waals surface area contributed by atoms with Gasteiger partial charge in [0, 0.05) is 17.0 Å². The normalized spacial score (nSPS) is 10.4. The van der Waals surface area contributed by atoms with Gasteiger partial charge in [-0.05, 0) is 37.6 Å². The quantitative estimate of drug-likeness (QED) is 0.416. The van der Waals surface area contributed by atoms with Crippen LogP contribution in [0.3, 0.4) is 0 Å². The minimum atomic E-state index is -0.532. The topological polar surface area (TPSA) is 98.2 Å². The van der Waals surface area contributed by atoms with Crippen LogP contribution in [-0.2, 0) is 4.79 Å². The predicted octanol–water partition coefficient (Wildman–Crippen LogP) is 2.31. The first kappa shape index (κ1) is 17.5. The maximum absolute atomic E-state index is 11.8. The molecule has 21 heavy (non-hydrogen) atoms. The van der Waals surface area contributed by atoms with Crippen LogP contribution < -0.4 is 16.8 Å². The van der Waals surface area contributed by atoms with Gasteiger partial charge < -0.3 is 16.8 Å². The molecular formula is C15H23N3O2S. The summed E-state index contributed by atoms with van der Waals surface area (Å²) in [5, 5.41) is 2.79. The molecule has 5 N–H and O–H groups in total. The van der Waals surface area contributed by atoms with Gasteiger partial charge in [-0.25, -0.2) is 0 Å². The Morgan fingerprint density at radius 1 is 1.10 bits per heavy atom. The molecule has 0 spiro atoms. The first-order chi connectivity index (χ1) is 10.0. The Balaban J connectivity index is 2.34. The zero-order valence-electron chi connectivity index (χ0n) is 12.1. The minimum Gasteiger partial charge on any atom is -0.366 e. The van der Waals surface area contributed by atoms with Crippen LogP contribution in [0.25, 0.3) is 0 Å². The van der Waals surface area contributed by atoms with Crippen molar-refractivity contribution in [3.63, 3.8) is 0 Å². The number of hydrogen-bond donors (Lipinski definition) is 4. The SMILES string of the molecule is NCCCCCCCC(=O)Nc1ccc(C(N)=O)c(S)c1. The molecule has 0 radical (unpaired) electrons. The maximum Gasteiger partial charge on any atom is 0.249 e. The van der Waals surface area contributed by atoms with Gasteiger partial charge in [0.25, 0.3) is 0 Å². The van der Waals surface area contributed by atoms with E-state index in [1.807, 2.05) is 0 Å². The molecule has 6 heteroatoms. The summed E-state index contributed by atoms with van der Waals surface area (Å²) in [4.78, 5) is 23.3. The van der Waals surface area contributed by atoms with E-state index in [0.717, 1.165) is 38.6 Å². The Bertz CT molecular complexity index is 492. The molecule has 0 atom stereocenters. The fraction of sp³-hybridized carbons (Fsp3) is 0.467. The molecule has 5 nitrogen and oxygen atoms in total. The van der Waals surface area contributed by atoms with E-state index >= 15 is 0 Å². The first-order valence-corrected chi connectivity index (χ1v) is 7.62. The highest BCUT2D eigenvalue weighted by Crippen LogP contribution is 2.19. The van der Waals surface area contributed by atoms with Crippen molar-refractivity contribution in [2.45, 2.75) is 43.4 Å². The summed E-state index contributed by atoms with van der Waals surface area (Å²) in [6.45, 7) is 0.730. The number of carbonyl (C=O) groups excluding carboxylic acids is 2. The van der Waals surface area contributed by atoms with Gasteiger partial charge in [-0.3, -0.25) is 9.59 Å². The predicted molar refractivity (Wildman–Crippen MR) is 87.6 cm³/mol. The molecule has 1 aromatic carbocycles. The van der Waals surface area contributed by atoms with Crippen LogP contribution in [0.5, 0.6) is 0 Å². The van der Waals surface area contributed by atoms with Crippen LogP contribution in [0.1, 0.15) is 48.9 Å². The molecule has 0 aliphatic carbocycles. The number of nitrogens with one attached hydrogen (secondary N) is 1. The highest BCUT2D eigenvalue weighted by atomic mass is 32.1. The second-order valence-electron chi connectivity index (χ2n) is 4.95. The minimum absolute atomic E-state index is 0.0339. The third-order valence-corrected chi connectivity index (χ3v) is 3.52. The van der Waals surface area contributed by atoms with Gasteiger partial charge >= 0.3 is 0 Å². The summed E-state index contributed by atoms with van der Waals surface area (Å²) >= 11 is 4.19. The van der Waals surface area contributed by atoms with Crippen LogP contribution in [0.4, 0.5) is 5.69 Å². The number of anilines is 1. The van der Waals surface area contributed by atoms with Crippen molar-refractivity contribution in [1.82, 2.24) is 0 Å². The summed E-state index contributed by atoms with van der Waals surface area (Å²) < 4.78 is 0. The zero-order chi connectivity index (χ0) is 15.7. The lowest BCUT2D eigenvalue weighted by Crippen LogP contribution is -2.14. The van der Waals surface area contributed by atoms with E-state index < -0.39 is 5.91 Å². The monoisotopic (exact) mass is 309 g/mol. The molecule has 0 saturated carbocycles. The summed E-state index contributed by atoms with van der Waals surface area (Å²) in [5.41, 5.74) is 11.6. The molecule has 0 heterocycles. The molecule has 0 aliphatic rings. The summed E-state index contributed by atoms with van der Waals surface area (Å²) in [5.74, 6) is -0.566. The Hall–Kier alpha value is -1.53. The third-order valence-electron chi connectivity index (χ3n) is 3.15. The van der Waals surface area contributed by atoms with Crippen LogP contribution in [0.15, 0.2) is 23.1 Å². The number of unbranched alkanes of at least 4 members (excludes halogenated alkanes) is 4. The van der Waals surface area contributed by atoms with E-state index in [1.54, 1.807) is 18.2 Å². The van der Waals surface area contributed by atoms with Gasteiger partial charge in [0.2, 0.25) is 11.8 Å². The molecule has 116 valence electrons. The van der Waals surface area contributed by atoms with Gasteiger partial charge in [-0.2, -0.15) is 0 Å². The van der Waals surface area contributed by atoms with E-state index in [2.05, 4.69) is 17.9 Å². The van der Waals surface area contributed by atoms with Crippen LogP contribution >= 0.6 is 12.6 Å². The number of benzene rings is 1. The summed E-state index contributed by atoms with van der Waals surface area (Å²) in [6.07, 6.45) is 5.66. The highest BCUT2D eigenvalue weighted by molar-refractivity contribution is 7.80. The lowest BCUT2D eigenvalue weighted by molar-refractivity contribution is -0.116. The third kappa shape index (κ3) is 6.64. The molecule has 2 amide bonds. The molecule has 0 bridgehead atoms. The number of nitrogens with two attached hydrogens (primary N) is 2. The zero-order valence-corrected chi connectivity index (χ0v) is 13.0. The van der Waals surface area contributed by atoms with Gasteiger partial charge in [0.15, 0.2) is 0 Å². The van der Waals surface area contributed by atoms with Gasteiger partial charge in [0.05, 0.1) is 5.56 Å². The highest BCUT2D eigenvalue weighted by Gasteiger charge is 2.08.